The predicted octanol–water partition coefficient (Wildman–Crippen LogP) is 4.14. The minimum atomic E-state index is -0.290. The van der Waals surface area contributed by atoms with Gasteiger partial charge in [-0.1, -0.05) is 61.1 Å². The molecule has 0 aliphatic carbocycles. The van der Waals surface area contributed by atoms with Crippen LogP contribution in [0.15, 0.2) is 58.1 Å². The van der Waals surface area contributed by atoms with Gasteiger partial charge in [-0.25, -0.2) is 0 Å². The maximum Gasteiger partial charge on any atom is 0.277 e. The molecule has 0 fully saturated rings. The minimum absolute atomic E-state index is 0.180. The molecule has 34 heavy (non-hydrogen) atoms. The van der Waals surface area contributed by atoms with E-state index in [1.54, 1.807) is 10.5 Å². The number of rotatable bonds is 9. The Balaban J connectivity index is 1.75. The fourth-order valence-corrected chi connectivity index (χ4v) is 4.78. The van der Waals surface area contributed by atoms with Crippen molar-refractivity contribution in [1.82, 2.24) is 9.38 Å². The first kappa shape index (κ1) is 23.7. The number of fused-ring (bicyclic) bond motifs is 1. The number of aryl methyl sites for hydroxylation is 1. The standard InChI is InChI=1S/C27H28N2O4S/c1-4-6-14-33-22-13-12-20(16-23(22)32-5-2)17-24-26(31)29-18(3)21(25(30)28-27(29)34-24)15-19-10-8-7-9-11-19/h7-13,16-17H,4-6,14-15H2,1-3H3/b24-17+. The van der Waals surface area contributed by atoms with Crippen molar-refractivity contribution in [2.24, 2.45) is 0 Å². The van der Waals surface area contributed by atoms with Crippen LogP contribution in [-0.4, -0.2) is 22.6 Å². The zero-order chi connectivity index (χ0) is 24.1. The van der Waals surface area contributed by atoms with Crippen LogP contribution in [0.3, 0.4) is 0 Å². The third-order valence-electron chi connectivity index (χ3n) is 5.58. The van der Waals surface area contributed by atoms with Gasteiger partial charge < -0.3 is 9.47 Å². The molecule has 7 heteroatoms. The molecule has 176 valence electrons. The summed E-state index contributed by atoms with van der Waals surface area (Å²) in [4.78, 5) is 30.6. The Bertz CT molecular complexity index is 1460. The molecule has 0 aliphatic rings. The first-order valence-electron chi connectivity index (χ1n) is 11.5. The average Bonchev–Trinajstić information content (AvgIpc) is 3.13. The molecule has 4 rings (SSSR count). The zero-order valence-electron chi connectivity index (χ0n) is 19.7. The van der Waals surface area contributed by atoms with Crippen molar-refractivity contribution in [3.63, 3.8) is 0 Å². The van der Waals surface area contributed by atoms with E-state index in [-0.39, 0.29) is 11.1 Å². The van der Waals surface area contributed by atoms with Crippen LogP contribution >= 0.6 is 11.3 Å². The zero-order valence-corrected chi connectivity index (χ0v) is 20.5. The summed E-state index contributed by atoms with van der Waals surface area (Å²) >= 11 is 1.21. The Morgan fingerprint density at radius 1 is 1.03 bits per heavy atom. The van der Waals surface area contributed by atoms with Crippen LogP contribution in [0.2, 0.25) is 0 Å². The molecule has 0 saturated heterocycles. The summed E-state index contributed by atoms with van der Waals surface area (Å²) in [6, 6.07) is 15.4. The second kappa shape index (κ2) is 10.7. The molecule has 0 N–H and O–H groups in total. The Kier molecular flexibility index (Phi) is 7.43. The van der Waals surface area contributed by atoms with Crippen molar-refractivity contribution in [2.45, 2.75) is 40.0 Å². The highest BCUT2D eigenvalue weighted by Crippen LogP contribution is 2.29. The van der Waals surface area contributed by atoms with Gasteiger partial charge in [-0.2, -0.15) is 4.98 Å². The molecule has 4 aromatic rings. The third-order valence-corrected chi connectivity index (χ3v) is 6.55. The number of benzene rings is 2. The van der Waals surface area contributed by atoms with Crippen LogP contribution in [0.5, 0.6) is 11.5 Å². The predicted molar refractivity (Wildman–Crippen MR) is 136 cm³/mol. The molecule has 2 aromatic carbocycles. The van der Waals surface area contributed by atoms with E-state index in [0.717, 1.165) is 24.0 Å². The highest BCUT2D eigenvalue weighted by Gasteiger charge is 2.15. The first-order valence-corrected chi connectivity index (χ1v) is 12.3. The molecule has 6 nitrogen and oxygen atoms in total. The Hall–Kier alpha value is -3.45. The molecular weight excluding hydrogens is 448 g/mol. The largest absolute Gasteiger partial charge is 0.490 e. The van der Waals surface area contributed by atoms with Gasteiger partial charge in [0.25, 0.3) is 11.1 Å². The first-order chi connectivity index (χ1) is 16.5. The van der Waals surface area contributed by atoms with Gasteiger partial charge in [0.15, 0.2) is 11.5 Å². The lowest BCUT2D eigenvalue weighted by atomic mass is 10.1. The van der Waals surface area contributed by atoms with E-state index in [9.17, 15) is 9.59 Å². The van der Waals surface area contributed by atoms with Crippen LogP contribution in [-0.2, 0) is 6.42 Å². The quantitative estimate of drug-likeness (QED) is 0.340. The van der Waals surface area contributed by atoms with Crippen molar-refractivity contribution < 1.29 is 9.47 Å². The monoisotopic (exact) mass is 476 g/mol. The number of aromatic nitrogens is 2. The molecule has 0 aliphatic heterocycles. The smallest absolute Gasteiger partial charge is 0.277 e. The van der Waals surface area contributed by atoms with E-state index >= 15 is 0 Å². The summed E-state index contributed by atoms with van der Waals surface area (Å²) < 4.78 is 13.7. The molecular formula is C27H28N2O4S. The molecule has 2 aromatic heterocycles. The summed E-state index contributed by atoms with van der Waals surface area (Å²) in [7, 11) is 0. The van der Waals surface area contributed by atoms with Gasteiger partial charge in [-0.05, 0) is 49.6 Å². The average molecular weight is 477 g/mol. The summed E-state index contributed by atoms with van der Waals surface area (Å²) in [6.45, 7) is 6.99. The second-order valence-electron chi connectivity index (χ2n) is 8.02. The fourth-order valence-electron chi connectivity index (χ4n) is 3.77. The van der Waals surface area contributed by atoms with E-state index < -0.39 is 0 Å². The minimum Gasteiger partial charge on any atom is -0.490 e. The summed E-state index contributed by atoms with van der Waals surface area (Å²) in [5, 5.41) is 0. The van der Waals surface area contributed by atoms with Crippen molar-refractivity contribution in [3.8, 4) is 11.5 Å². The Morgan fingerprint density at radius 2 is 1.82 bits per heavy atom. The van der Waals surface area contributed by atoms with Crippen molar-refractivity contribution >= 4 is 22.4 Å². The molecule has 0 amide bonds. The highest BCUT2D eigenvalue weighted by molar-refractivity contribution is 7.15. The molecule has 0 radical (unpaired) electrons. The van der Waals surface area contributed by atoms with Crippen molar-refractivity contribution in [3.05, 3.63) is 96.2 Å². The van der Waals surface area contributed by atoms with Gasteiger partial charge in [-0.15, -0.1) is 0 Å². The summed E-state index contributed by atoms with van der Waals surface area (Å²) in [5.41, 5.74) is 2.53. The lowest BCUT2D eigenvalue weighted by molar-refractivity contribution is 0.272. The van der Waals surface area contributed by atoms with Crippen LogP contribution in [0.25, 0.3) is 11.0 Å². The molecule has 0 atom stereocenters. The Morgan fingerprint density at radius 3 is 2.56 bits per heavy atom. The van der Waals surface area contributed by atoms with Crippen molar-refractivity contribution in [2.75, 3.05) is 13.2 Å². The topological polar surface area (TPSA) is 69.9 Å². The number of hydrogen-bond acceptors (Lipinski definition) is 6. The second-order valence-corrected chi connectivity index (χ2v) is 9.03. The number of ether oxygens (including phenoxy) is 2. The van der Waals surface area contributed by atoms with Crippen LogP contribution in [0.1, 0.15) is 49.1 Å². The van der Waals surface area contributed by atoms with Gasteiger partial charge in [0, 0.05) is 17.7 Å². The van der Waals surface area contributed by atoms with E-state index in [1.807, 2.05) is 62.4 Å². The van der Waals surface area contributed by atoms with Crippen LogP contribution in [0.4, 0.5) is 0 Å². The Labute approximate surface area is 202 Å². The highest BCUT2D eigenvalue weighted by atomic mass is 32.1. The van der Waals surface area contributed by atoms with E-state index in [2.05, 4.69) is 11.9 Å². The molecule has 0 saturated carbocycles. The molecule has 0 unspecified atom stereocenters. The maximum atomic E-state index is 13.3. The number of hydrogen-bond donors (Lipinski definition) is 0. The lowest BCUT2D eigenvalue weighted by Crippen LogP contribution is -2.27. The maximum absolute atomic E-state index is 13.3. The lowest BCUT2D eigenvalue weighted by Gasteiger charge is -2.12. The third kappa shape index (κ3) is 5.04. The summed E-state index contributed by atoms with van der Waals surface area (Å²) in [6.07, 6.45) is 4.27. The van der Waals surface area contributed by atoms with E-state index in [1.165, 1.54) is 11.3 Å². The van der Waals surface area contributed by atoms with Gasteiger partial charge >= 0.3 is 0 Å². The van der Waals surface area contributed by atoms with Crippen LogP contribution < -0.4 is 25.1 Å². The molecule has 0 spiro atoms. The number of nitrogens with zero attached hydrogens (tertiary/aromatic N) is 2. The number of unbranched alkanes of at least 4 members (excludes halogenated alkanes) is 1. The van der Waals surface area contributed by atoms with Crippen LogP contribution in [0, 0.1) is 6.92 Å². The van der Waals surface area contributed by atoms with E-state index in [4.69, 9.17) is 9.47 Å². The van der Waals surface area contributed by atoms with Gasteiger partial charge in [-0.3, -0.25) is 14.0 Å². The number of thiazole rings is 1. The van der Waals surface area contributed by atoms with Gasteiger partial charge in [0.2, 0.25) is 4.96 Å². The van der Waals surface area contributed by atoms with E-state index in [0.29, 0.717) is 51.9 Å². The SMILES string of the molecule is CCCCOc1ccc(/C=c2/sc3nc(=O)c(Cc4ccccc4)c(C)n3c2=O)cc1OCC. The van der Waals surface area contributed by atoms with Crippen molar-refractivity contribution in [1.29, 1.82) is 0 Å². The normalized spacial score (nSPS) is 11.8. The molecule has 2 heterocycles. The van der Waals surface area contributed by atoms with Gasteiger partial charge in [0.1, 0.15) is 0 Å². The molecule has 0 bridgehead atoms. The van der Waals surface area contributed by atoms with Gasteiger partial charge in [0.05, 0.1) is 17.7 Å². The summed E-state index contributed by atoms with van der Waals surface area (Å²) in [5.74, 6) is 1.34. The fraction of sp³-hybridized carbons (Fsp3) is 0.296.